The lowest BCUT2D eigenvalue weighted by atomic mass is 10.3. The fraction of sp³-hybridized carbons (Fsp3) is 0.182. The first kappa shape index (κ1) is 10.9. The topological polar surface area (TPSA) is 49.7 Å². The van der Waals surface area contributed by atoms with Gasteiger partial charge in [-0.15, -0.1) is 0 Å². The number of amidine groups is 1. The van der Waals surface area contributed by atoms with Crippen LogP contribution in [-0.2, 0) is 9.59 Å². The van der Waals surface area contributed by atoms with Crippen molar-refractivity contribution < 1.29 is 9.59 Å². The standard InChI is InChI=1S/C11H10N2O2S/c1-8(14)13-10(15)7-16-11(13)12-9-5-3-2-4-6-9/h2-6H,7H2,1H3. The van der Waals surface area contributed by atoms with Gasteiger partial charge in [0.25, 0.3) is 0 Å². The number of thioether (sulfide) groups is 1. The van der Waals surface area contributed by atoms with E-state index in [2.05, 4.69) is 4.99 Å². The summed E-state index contributed by atoms with van der Waals surface area (Å²) in [6.07, 6.45) is 0. The van der Waals surface area contributed by atoms with E-state index >= 15 is 0 Å². The molecular formula is C11H10N2O2S. The van der Waals surface area contributed by atoms with Crippen LogP contribution < -0.4 is 0 Å². The van der Waals surface area contributed by atoms with Crippen molar-refractivity contribution in [2.24, 2.45) is 4.99 Å². The van der Waals surface area contributed by atoms with Crippen molar-refractivity contribution in [3.63, 3.8) is 0 Å². The molecule has 1 aromatic rings. The van der Waals surface area contributed by atoms with Crippen LogP contribution in [0.5, 0.6) is 0 Å². The van der Waals surface area contributed by atoms with Crippen molar-refractivity contribution in [2.75, 3.05) is 5.75 Å². The van der Waals surface area contributed by atoms with Crippen LogP contribution in [0, 0.1) is 0 Å². The third kappa shape index (κ3) is 2.14. The van der Waals surface area contributed by atoms with Gasteiger partial charge in [0.1, 0.15) is 0 Å². The number of carbonyl (C=O) groups is 2. The molecule has 1 saturated heterocycles. The van der Waals surface area contributed by atoms with Gasteiger partial charge in [0.15, 0.2) is 5.17 Å². The quantitative estimate of drug-likeness (QED) is 0.744. The number of nitrogens with zero attached hydrogens (tertiary/aromatic N) is 2. The number of imide groups is 1. The Morgan fingerprint density at radius 3 is 2.69 bits per heavy atom. The Labute approximate surface area is 97.4 Å². The Bertz CT molecular complexity index is 456. The van der Waals surface area contributed by atoms with E-state index in [4.69, 9.17) is 0 Å². The number of benzene rings is 1. The summed E-state index contributed by atoms with van der Waals surface area (Å²) in [7, 11) is 0. The van der Waals surface area contributed by atoms with Crippen molar-refractivity contribution in [3.8, 4) is 0 Å². The number of para-hydroxylation sites is 1. The van der Waals surface area contributed by atoms with Gasteiger partial charge in [-0.25, -0.2) is 9.89 Å². The second kappa shape index (κ2) is 4.49. The molecule has 1 heterocycles. The predicted molar refractivity (Wildman–Crippen MR) is 63.5 cm³/mol. The molecule has 0 bridgehead atoms. The van der Waals surface area contributed by atoms with Crippen LogP contribution >= 0.6 is 11.8 Å². The smallest absolute Gasteiger partial charge is 0.245 e. The summed E-state index contributed by atoms with van der Waals surface area (Å²) in [4.78, 5) is 28.1. The summed E-state index contributed by atoms with van der Waals surface area (Å²) in [6.45, 7) is 1.37. The van der Waals surface area contributed by atoms with Gasteiger partial charge in [0.05, 0.1) is 11.4 Å². The zero-order valence-electron chi connectivity index (χ0n) is 8.71. The molecule has 0 saturated carbocycles. The van der Waals surface area contributed by atoms with Crippen LogP contribution in [0.3, 0.4) is 0 Å². The van der Waals surface area contributed by atoms with Crippen molar-refractivity contribution in [1.29, 1.82) is 0 Å². The van der Waals surface area contributed by atoms with Crippen LogP contribution in [0.4, 0.5) is 5.69 Å². The fourth-order valence-corrected chi connectivity index (χ4v) is 2.28. The molecule has 0 unspecified atom stereocenters. The fourth-order valence-electron chi connectivity index (χ4n) is 1.37. The maximum atomic E-state index is 11.4. The van der Waals surface area contributed by atoms with Gasteiger partial charge >= 0.3 is 0 Å². The molecule has 0 aliphatic carbocycles. The van der Waals surface area contributed by atoms with Gasteiger partial charge in [-0.2, -0.15) is 0 Å². The van der Waals surface area contributed by atoms with E-state index in [0.29, 0.717) is 5.17 Å². The third-order valence-electron chi connectivity index (χ3n) is 2.06. The first-order chi connectivity index (χ1) is 7.68. The molecule has 16 heavy (non-hydrogen) atoms. The van der Waals surface area contributed by atoms with E-state index in [0.717, 1.165) is 10.6 Å². The van der Waals surface area contributed by atoms with Gasteiger partial charge in [0, 0.05) is 6.92 Å². The number of hydrogen-bond acceptors (Lipinski definition) is 4. The van der Waals surface area contributed by atoms with Crippen LogP contribution in [0.1, 0.15) is 6.92 Å². The summed E-state index contributed by atoms with van der Waals surface area (Å²) >= 11 is 1.29. The predicted octanol–water partition coefficient (Wildman–Crippen LogP) is 1.80. The summed E-state index contributed by atoms with van der Waals surface area (Å²) in [5, 5.41) is 0.462. The highest BCUT2D eigenvalue weighted by atomic mass is 32.2. The van der Waals surface area contributed by atoms with E-state index in [-0.39, 0.29) is 17.6 Å². The summed E-state index contributed by atoms with van der Waals surface area (Å²) in [5.41, 5.74) is 0.742. The maximum Gasteiger partial charge on any atom is 0.245 e. The summed E-state index contributed by atoms with van der Waals surface area (Å²) in [6, 6.07) is 9.26. The van der Waals surface area contributed by atoms with Crippen LogP contribution in [0.25, 0.3) is 0 Å². The first-order valence-electron chi connectivity index (χ1n) is 4.78. The molecule has 2 amide bonds. The minimum absolute atomic E-state index is 0.202. The Morgan fingerprint density at radius 2 is 2.06 bits per heavy atom. The minimum Gasteiger partial charge on any atom is -0.274 e. The van der Waals surface area contributed by atoms with Gasteiger partial charge in [-0.3, -0.25) is 9.59 Å². The van der Waals surface area contributed by atoms with Gasteiger partial charge in [0.2, 0.25) is 11.8 Å². The maximum absolute atomic E-state index is 11.4. The minimum atomic E-state index is -0.287. The average molecular weight is 234 g/mol. The number of amides is 2. The van der Waals surface area contributed by atoms with Gasteiger partial charge < -0.3 is 0 Å². The molecule has 0 spiro atoms. The van der Waals surface area contributed by atoms with Crippen LogP contribution in [-0.4, -0.2) is 27.6 Å². The number of rotatable bonds is 1. The highest BCUT2D eigenvalue weighted by Crippen LogP contribution is 2.23. The molecule has 82 valence electrons. The molecular weight excluding hydrogens is 224 g/mol. The van der Waals surface area contributed by atoms with E-state index in [1.54, 1.807) is 0 Å². The Morgan fingerprint density at radius 1 is 1.38 bits per heavy atom. The lowest BCUT2D eigenvalue weighted by Gasteiger charge is -2.10. The molecule has 1 aliphatic heterocycles. The van der Waals surface area contributed by atoms with Crippen LogP contribution in [0.15, 0.2) is 35.3 Å². The third-order valence-corrected chi connectivity index (χ3v) is 2.98. The summed E-state index contributed by atoms with van der Waals surface area (Å²) < 4.78 is 0. The molecule has 5 heteroatoms. The lowest BCUT2D eigenvalue weighted by Crippen LogP contribution is -2.33. The normalized spacial score (nSPS) is 18.2. The molecule has 0 aromatic heterocycles. The highest BCUT2D eigenvalue weighted by Gasteiger charge is 2.31. The van der Waals surface area contributed by atoms with Crippen molar-refractivity contribution in [3.05, 3.63) is 30.3 Å². The van der Waals surface area contributed by atoms with E-state index < -0.39 is 0 Å². The lowest BCUT2D eigenvalue weighted by molar-refractivity contribution is -0.136. The van der Waals surface area contributed by atoms with Crippen molar-refractivity contribution in [2.45, 2.75) is 6.92 Å². The monoisotopic (exact) mass is 234 g/mol. The molecule has 0 N–H and O–H groups in total. The van der Waals surface area contributed by atoms with Gasteiger partial charge in [-0.1, -0.05) is 30.0 Å². The van der Waals surface area contributed by atoms with Crippen molar-refractivity contribution >= 4 is 34.4 Å². The zero-order valence-corrected chi connectivity index (χ0v) is 9.53. The molecule has 1 fully saturated rings. The van der Waals surface area contributed by atoms with E-state index in [9.17, 15) is 9.59 Å². The number of hydrogen-bond donors (Lipinski definition) is 0. The number of aliphatic imine (C=N–C) groups is 1. The van der Waals surface area contributed by atoms with Gasteiger partial charge in [-0.05, 0) is 12.1 Å². The van der Waals surface area contributed by atoms with Crippen molar-refractivity contribution in [1.82, 2.24) is 4.90 Å². The largest absolute Gasteiger partial charge is 0.274 e. The average Bonchev–Trinajstić information content (AvgIpc) is 2.61. The SMILES string of the molecule is CC(=O)N1C(=O)CSC1=Nc1ccccc1. The second-order valence-corrected chi connectivity index (χ2v) is 4.21. The first-order valence-corrected chi connectivity index (χ1v) is 5.77. The Hall–Kier alpha value is -1.62. The molecule has 1 aromatic carbocycles. The zero-order chi connectivity index (χ0) is 11.5. The molecule has 1 aliphatic rings. The highest BCUT2D eigenvalue weighted by molar-refractivity contribution is 8.15. The molecule has 0 atom stereocenters. The Kier molecular flexibility index (Phi) is 3.05. The molecule has 2 rings (SSSR count). The van der Waals surface area contributed by atoms with E-state index in [1.165, 1.54) is 18.7 Å². The second-order valence-electron chi connectivity index (χ2n) is 3.27. The Balaban J connectivity index is 2.31. The summed E-state index contributed by atoms with van der Waals surface area (Å²) in [5.74, 6) is -0.206. The number of carbonyl (C=O) groups excluding carboxylic acids is 2. The van der Waals surface area contributed by atoms with E-state index in [1.807, 2.05) is 30.3 Å². The van der Waals surface area contributed by atoms with Crippen LogP contribution in [0.2, 0.25) is 0 Å². The molecule has 0 radical (unpaired) electrons. The molecule has 4 nitrogen and oxygen atoms in total.